The summed E-state index contributed by atoms with van der Waals surface area (Å²) < 4.78 is 0. The second-order valence-corrected chi connectivity index (χ2v) is 9.84. The zero-order valence-corrected chi connectivity index (χ0v) is 23.2. The molecule has 2 heterocycles. The molecule has 222 valence electrons. The fourth-order valence-electron chi connectivity index (χ4n) is 4.45. The van der Waals surface area contributed by atoms with Crippen LogP contribution in [0.15, 0.2) is 54.7 Å². The molecule has 14 heteroatoms. The van der Waals surface area contributed by atoms with Gasteiger partial charge in [0.05, 0.1) is 23.0 Å². The second kappa shape index (κ2) is 13.3. The summed E-state index contributed by atoms with van der Waals surface area (Å²) in [6.07, 6.45) is 2.40. The third-order valence-electron chi connectivity index (χ3n) is 6.72. The maximum atomic E-state index is 12.8. The molecule has 0 saturated carbocycles. The number of nitrogens with two attached hydrogens (primary N) is 2. The van der Waals surface area contributed by atoms with Crippen molar-refractivity contribution < 1.29 is 29.4 Å². The number of nitrogens with one attached hydrogen (secondary N) is 2. The van der Waals surface area contributed by atoms with Gasteiger partial charge in [-0.3, -0.25) is 9.59 Å². The summed E-state index contributed by atoms with van der Waals surface area (Å²) in [7, 11) is 0. The molecule has 0 bridgehead atoms. The van der Waals surface area contributed by atoms with Crippen molar-refractivity contribution in [3.05, 3.63) is 82.7 Å². The molecule has 0 aliphatic heterocycles. The number of anilines is 2. The van der Waals surface area contributed by atoms with Gasteiger partial charge in [0.1, 0.15) is 6.04 Å². The average Bonchev–Trinajstić information content (AvgIpc) is 2.98. The molecule has 0 spiro atoms. The van der Waals surface area contributed by atoms with Crippen molar-refractivity contribution in [2.75, 3.05) is 18.0 Å². The Morgan fingerprint density at radius 3 is 2.28 bits per heavy atom. The molecule has 8 N–H and O–H groups in total. The maximum absolute atomic E-state index is 12.8. The topological polar surface area (TPSA) is 236 Å². The monoisotopic (exact) mass is 586 g/mol. The Bertz CT molecular complexity index is 1680. The van der Waals surface area contributed by atoms with E-state index in [4.69, 9.17) is 11.5 Å². The number of nitrogens with zero attached hydrogens (tertiary/aromatic N) is 4. The summed E-state index contributed by atoms with van der Waals surface area (Å²) in [4.78, 5) is 65.0. The Balaban J connectivity index is 1.30. The van der Waals surface area contributed by atoms with Crippen LogP contribution in [-0.2, 0) is 11.2 Å². The molecule has 4 aromatic rings. The summed E-state index contributed by atoms with van der Waals surface area (Å²) in [6.45, 7) is 2.08. The van der Waals surface area contributed by atoms with E-state index < -0.39 is 29.8 Å². The van der Waals surface area contributed by atoms with Gasteiger partial charge in [-0.2, -0.15) is 9.97 Å². The van der Waals surface area contributed by atoms with Gasteiger partial charge in [-0.25, -0.2) is 19.6 Å². The van der Waals surface area contributed by atoms with E-state index in [1.54, 1.807) is 36.5 Å². The van der Waals surface area contributed by atoms with Crippen LogP contribution in [0.3, 0.4) is 0 Å². The van der Waals surface area contributed by atoms with Gasteiger partial charge >= 0.3 is 11.9 Å². The Kier molecular flexibility index (Phi) is 9.40. The van der Waals surface area contributed by atoms with Crippen molar-refractivity contribution in [2.24, 2.45) is 0 Å². The zero-order valence-electron chi connectivity index (χ0n) is 23.2. The minimum absolute atomic E-state index is 0.00391. The number of carbonyl (C=O) groups excluding carboxylic acids is 2. The number of aliphatic carboxylic acids is 1. The number of fused-ring (bicyclic) bond motifs is 1. The highest BCUT2D eigenvalue weighted by Crippen LogP contribution is 2.22. The molecule has 0 saturated heterocycles. The summed E-state index contributed by atoms with van der Waals surface area (Å²) in [5, 5.41) is 24.0. The number of nitrogen functional groups attached to an aromatic ring is 2. The van der Waals surface area contributed by atoms with Crippen LogP contribution >= 0.6 is 0 Å². The number of aromatic carboxylic acids is 1. The number of carbonyl (C=O) groups is 4. The van der Waals surface area contributed by atoms with Crippen molar-refractivity contribution in [3.8, 4) is 0 Å². The Labute approximate surface area is 245 Å². The van der Waals surface area contributed by atoms with Gasteiger partial charge in [0.25, 0.3) is 11.8 Å². The van der Waals surface area contributed by atoms with E-state index >= 15 is 0 Å². The molecule has 0 aliphatic rings. The van der Waals surface area contributed by atoms with E-state index in [1.807, 2.05) is 6.92 Å². The van der Waals surface area contributed by atoms with Crippen LogP contribution in [-0.4, -0.2) is 66.5 Å². The lowest BCUT2D eigenvalue weighted by atomic mass is 9.95. The lowest BCUT2D eigenvalue weighted by Gasteiger charge is -2.16. The first-order chi connectivity index (χ1) is 20.5. The van der Waals surface area contributed by atoms with E-state index in [-0.39, 0.29) is 53.8 Å². The lowest BCUT2D eigenvalue weighted by Crippen LogP contribution is -2.41. The van der Waals surface area contributed by atoms with Crippen molar-refractivity contribution >= 4 is 46.7 Å². The molecule has 4 rings (SSSR count). The third kappa shape index (κ3) is 7.55. The highest BCUT2D eigenvalue weighted by atomic mass is 16.4. The number of rotatable bonds is 12. The Morgan fingerprint density at radius 2 is 1.60 bits per heavy atom. The summed E-state index contributed by atoms with van der Waals surface area (Å²) in [6, 6.07) is 11.4. The summed E-state index contributed by atoms with van der Waals surface area (Å²) in [5.41, 5.74) is 13.9. The molecule has 2 aromatic heterocycles. The second-order valence-electron chi connectivity index (χ2n) is 9.84. The maximum Gasteiger partial charge on any atom is 0.336 e. The average molecular weight is 587 g/mol. The molecule has 0 fully saturated rings. The predicted octanol–water partition coefficient (Wildman–Crippen LogP) is 2.02. The largest absolute Gasteiger partial charge is 0.480 e. The molecule has 2 unspecified atom stereocenters. The van der Waals surface area contributed by atoms with E-state index in [1.165, 1.54) is 18.2 Å². The van der Waals surface area contributed by atoms with E-state index in [0.29, 0.717) is 23.3 Å². The number of carboxylic acid groups (broad SMARTS) is 2. The predicted molar refractivity (Wildman–Crippen MR) is 156 cm³/mol. The molecule has 43 heavy (non-hydrogen) atoms. The van der Waals surface area contributed by atoms with Crippen LogP contribution in [0, 0.1) is 0 Å². The van der Waals surface area contributed by atoms with Crippen LogP contribution in [0.1, 0.15) is 68.0 Å². The van der Waals surface area contributed by atoms with Gasteiger partial charge in [-0.15, -0.1) is 0 Å². The van der Waals surface area contributed by atoms with Gasteiger partial charge in [-0.1, -0.05) is 31.2 Å². The van der Waals surface area contributed by atoms with Crippen LogP contribution in [0.2, 0.25) is 0 Å². The molecule has 2 aromatic carbocycles. The first kappa shape index (κ1) is 30.3. The van der Waals surface area contributed by atoms with Crippen molar-refractivity contribution in [3.63, 3.8) is 0 Å². The minimum atomic E-state index is -1.23. The highest BCUT2D eigenvalue weighted by Gasteiger charge is 2.21. The minimum Gasteiger partial charge on any atom is -0.480 e. The number of hydrogen-bond donors (Lipinski definition) is 6. The van der Waals surface area contributed by atoms with Crippen molar-refractivity contribution in [2.45, 2.75) is 38.1 Å². The fourth-order valence-corrected chi connectivity index (χ4v) is 4.45. The Morgan fingerprint density at radius 1 is 0.907 bits per heavy atom. The third-order valence-corrected chi connectivity index (χ3v) is 6.72. The molecule has 0 radical (unpaired) electrons. The number of aromatic nitrogens is 4. The van der Waals surface area contributed by atoms with Gasteiger partial charge in [-0.05, 0) is 55.0 Å². The van der Waals surface area contributed by atoms with Crippen molar-refractivity contribution in [1.82, 2.24) is 30.6 Å². The van der Waals surface area contributed by atoms with Crippen molar-refractivity contribution in [1.29, 1.82) is 0 Å². The van der Waals surface area contributed by atoms with Gasteiger partial charge in [0.15, 0.2) is 17.0 Å². The first-order valence-electron chi connectivity index (χ1n) is 13.3. The normalized spacial score (nSPS) is 12.3. The molecule has 2 atom stereocenters. The number of hydrogen-bond acceptors (Lipinski definition) is 10. The van der Waals surface area contributed by atoms with E-state index in [0.717, 1.165) is 5.56 Å². The number of carboxylic acids is 2. The molecular formula is C29H30N8O6. The first-order valence-corrected chi connectivity index (χ1v) is 13.3. The highest BCUT2D eigenvalue weighted by molar-refractivity contribution is 6.04. The molecule has 0 aliphatic carbocycles. The Hall–Kier alpha value is -5.66. The smallest absolute Gasteiger partial charge is 0.336 e. The molecule has 14 nitrogen and oxygen atoms in total. The van der Waals surface area contributed by atoms with E-state index in [9.17, 15) is 29.4 Å². The van der Waals surface area contributed by atoms with Gasteiger partial charge in [0.2, 0.25) is 5.95 Å². The van der Waals surface area contributed by atoms with Crippen LogP contribution in [0.5, 0.6) is 0 Å². The van der Waals surface area contributed by atoms with E-state index in [2.05, 4.69) is 30.6 Å². The van der Waals surface area contributed by atoms with Crippen LogP contribution in [0.25, 0.3) is 11.2 Å². The fraction of sp³-hybridized carbons (Fsp3) is 0.241. The number of amides is 2. The standard InChI is InChI=1S/C29H30N8O6/c1-15(13-18-14-33-24-22(34-18)23(30)36-29(31)37-24)16-8-10-17(11-9-16)25(38)35-21(28(42)43)7-4-12-32-26(39)19-5-2-3-6-20(19)27(40)41/h2-3,5-6,8-11,14-15,21H,4,7,12-13H2,1H3,(H,32,39)(H,35,38)(H,40,41)(H,42,43)(H4,30,31,33,36,37). The summed E-state index contributed by atoms with van der Waals surface area (Å²) >= 11 is 0. The van der Waals surface area contributed by atoms with Crippen LogP contribution in [0.4, 0.5) is 11.8 Å². The lowest BCUT2D eigenvalue weighted by molar-refractivity contribution is -0.139. The van der Waals surface area contributed by atoms with Gasteiger partial charge < -0.3 is 32.3 Å². The van der Waals surface area contributed by atoms with Gasteiger partial charge in [0, 0.05) is 12.1 Å². The molecule has 2 amide bonds. The SMILES string of the molecule is CC(Cc1cnc2nc(N)nc(N)c2n1)c1ccc(C(=O)NC(CCCNC(=O)c2ccccc2C(=O)O)C(=O)O)cc1. The molecular weight excluding hydrogens is 556 g/mol. The zero-order chi connectivity index (χ0) is 31.1. The summed E-state index contributed by atoms with van der Waals surface area (Å²) in [5.74, 6) is -3.42. The van der Waals surface area contributed by atoms with Crippen LogP contribution < -0.4 is 22.1 Å². The quantitative estimate of drug-likeness (QED) is 0.131. The number of benzene rings is 2.